The van der Waals surface area contributed by atoms with Crippen LogP contribution in [0.3, 0.4) is 0 Å². The summed E-state index contributed by atoms with van der Waals surface area (Å²) in [5, 5.41) is 2.76. The Hall–Kier alpha value is -3.26. The molecule has 0 radical (unpaired) electrons. The van der Waals surface area contributed by atoms with Gasteiger partial charge < -0.3 is 24.4 Å². The molecule has 0 saturated carbocycles. The maximum Gasteiger partial charge on any atom is 0.414 e. The van der Waals surface area contributed by atoms with Crippen LogP contribution in [0.5, 0.6) is 11.5 Å². The van der Waals surface area contributed by atoms with E-state index in [9.17, 15) is 9.59 Å². The maximum atomic E-state index is 12.3. The number of carbonyl (C=O) groups excluding carboxylic acids is 2. The third-order valence-electron chi connectivity index (χ3n) is 6.04. The van der Waals surface area contributed by atoms with Gasteiger partial charge in [0, 0.05) is 37.9 Å². The highest BCUT2D eigenvalue weighted by Gasteiger charge is 2.32. The van der Waals surface area contributed by atoms with Crippen molar-refractivity contribution in [2.75, 3.05) is 43.5 Å². The molecular weight excluding hydrogens is 422 g/mol. The van der Waals surface area contributed by atoms with Gasteiger partial charge in [0.05, 0.1) is 13.7 Å². The molecule has 2 aliphatic rings. The molecule has 0 aliphatic carbocycles. The molecule has 8 heteroatoms. The van der Waals surface area contributed by atoms with Crippen LogP contribution in [0.1, 0.15) is 26.2 Å². The minimum atomic E-state index is -0.290. The van der Waals surface area contributed by atoms with Crippen LogP contribution < -0.4 is 19.7 Å². The fourth-order valence-electron chi connectivity index (χ4n) is 4.23. The van der Waals surface area contributed by atoms with Gasteiger partial charge in [0.15, 0.2) is 0 Å². The molecule has 0 bridgehead atoms. The molecule has 2 saturated heterocycles. The number of carbonyl (C=O) groups is 2. The van der Waals surface area contributed by atoms with Crippen molar-refractivity contribution in [1.82, 2.24) is 4.90 Å². The molecule has 4 rings (SSSR count). The summed E-state index contributed by atoms with van der Waals surface area (Å²) < 4.78 is 16.9. The summed E-state index contributed by atoms with van der Waals surface area (Å²) in [4.78, 5) is 27.5. The molecule has 2 heterocycles. The fraction of sp³-hybridized carbons (Fsp3) is 0.440. The van der Waals surface area contributed by atoms with Crippen LogP contribution in [0.4, 0.5) is 16.2 Å². The number of piperidine rings is 1. The number of hydrogen-bond acceptors (Lipinski definition) is 6. The van der Waals surface area contributed by atoms with E-state index in [0.717, 1.165) is 61.8 Å². The fourth-order valence-corrected chi connectivity index (χ4v) is 4.23. The van der Waals surface area contributed by atoms with Gasteiger partial charge in [-0.2, -0.15) is 0 Å². The molecule has 8 nitrogen and oxygen atoms in total. The molecule has 0 spiro atoms. The lowest BCUT2D eigenvalue weighted by Gasteiger charge is -2.32. The van der Waals surface area contributed by atoms with Crippen LogP contribution in [0.2, 0.25) is 0 Å². The summed E-state index contributed by atoms with van der Waals surface area (Å²) in [5.41, 5.74) is 1.59. The smallest absolute Gasteiger partial charge is 0.414 e. The van der Waals surface area contributed by atoms with Crippen molar-refractivity contribution in [3.05, 3.63) is 48.5 Å². The molecule has 2 aromatic carbocycles. The summed E-state index contributed by atoms with van der Waals surface area (Å²) in [6.07, 6.45) is 2.51. The van der Waals surface area contributed by atoms with E-state index in [1.807, 2.05) is 48.5 Å². The van der Waals surface area contributed by atoms with Crippen molar-refractivity contribution in [3.63, 3.8) is 0 Å². The topological polar surface area (TPSA) is 80.3 Å². The molecule has 2 aliphatic heterocycles. The van der Waals surface area contributed by atoms with Crippen molar-refractivity contribution >= 4 is 23.4 Å². The first-order valence-electron chi connectivity index (χ1n) is 11.4. The van der Waals surface area contributed by atoms with Crippen molar-refractivity contribution in [2.45, 2.75) is 38.4 Å². The number of cyclic esters (lactones) is 1. The summed E-state index contributed by atoms with van der Waals surface area (Å²) in [6, 6.07) is 14.9. The zero-order valence-electron chi connectivity index (χ0n) is 19.2. The summed E-state index contributed by atoms with van der Waals surface area (Å²) >= 11 is 0. The Kier molecular flexibility index (Phi) is 7.34. The Morgan fingerprint density at radius 2 is 1.73 bits per heavy atom. The van der Waals surface area contributed by atoms with Gasteiger partial charge in [-0.05, 0) is 67.8 Å². The second-order valence-electron chi connectivity index (χ2n) is 8.47. The van der Waals surface area contributed by atoms with E-state index < -0.39 is 0 Å². The van der Waals surface area contributed by atoms with Gasteiger partial charge in [-0.15, -0.1) is 0 Å². The number of hydrogen-bond donors (Lipinski definition) is 1. The Balaban J connectivity index is 1.18. The van der Waals surface area contributed by atoms with Gasteiger partial charge in [-0.1, -0.05) is 0 Å². The lowest BCUT2D eigenvalue weighted by atomic mass is 10.1. The second-order valence-corrected chi connectivity index (χ2v) is 8.47. The van der Waals surface area contributed by atoms with Crippen LogP contribution >= 0.6 is 0 Å². The van der Waals surface area contributed by atoms with Crippen LogP contribution in [-0.2, 0) is 9.53 Å². The monoisotopic (exact) mass is 453 g/mol. The van der Waals surface area contributed by atoms with E-state index in [1.54, 1.807) is 12.0 Å². The Bertz CT molecular complexity index is 940. The predicted molar refractivity (Wildman–Crippen MR) is 126 cm³/mol. The van der Waals surface area contributed by atoms with Crippen LogP contribution in [0.25, 0.3) is 0 Å². The normalized spacial score (nSPS) is 19.3. The molecule has 1 atom stereocenters. The molecule has 1 N–H and O–H groups in total. The quantitative estimate of drug-likeness (QED) is 0.653. The Labute approximate surface area is 194 Å². The van der Waals surface area contributed by atoms with Gasteiger partial charge in [0.25, 0.3) is 0 Å². The molecule has 1 unspecified atom stereocenters. The highest BCUT2D eigenvalue weighted by atomic mass is 16.6. The van der Waals surface area contributed by atoms with Crippen molar-refractivity contribution in [2.24, 2.45) is 0 Å². The first-order chi connectivity index (χ1) is 16.0. The minimum Gasteiger partial charge on any atom is -0.497 e. The van der Waals surface area contributed by atoms with E-state index >= 15 is 0 Å². The molecule has 2 amide bonds. The average Bonchev–Trinajstić information content (AvgIpc) is 3.20. The Morgan fingerprint density at radius 3 is 2.36 bits per heavy atom. The Morgan fingerprint density at radius 1 is 1.06 bits per heavy atom. The number of ether oxygens (including phenoxy) is 3. The number of likely N-dealkylation sites (tertiary alicyclic amines) is 1. The van der Waals surface area contributed by atoms with Gasteiger partial charge >= 0.3 is 6.09 Å². The number of nitrogens with zero attached hydrogens (tertiary/aromatic N) is 2. The van der Waals surface area contributed by atoms with E-state index in [4.69, 9.17) is 14.2 Å². The van der Waals surface area contributed by atoms with Crippen LogP contribution in [0.15, 0.2) is 48.5 Å². The molecular formula is C25H31N3O5. The first kappa shape index (κ1) is 22.9. The highest BCUT2D eigenvalue weighted by Crippen LogP contribution is 2.26. The van der Waals surface area contributed by atoms with Crippen LogP contribution in [0, 0.1) is 0 Å². The maximum absolute atomic E-state index is 12.3. The average molecular weight is 454 g/mol. The SMILES string of the molecule is COc1ccc(N2CC(CCN3CCC(Oc4ccc(NC(C)=O)cc4)CC3)OC2=O)cc1. The third-order valence-corrected chi connectivity index (χ3v) is 6.04. The highest BCUT2D eigenvalue weighted by molar-refractivity contribution is 5.90. The summed E-state index contributed by atoms with van der Waals surface area (Å²) in [7, 11) is 1.62. The standard InChI is InChI=1S/C25H31N3O5/c1-18(29)26-19-3-7-22(8-4-19)32-23-11-14-27(15-12-23)16-13-24-17-28(25(30)33-24)20-5-9-21(31-2)10-6-20/h3-10,23-24H,11-17H2,1-2H3,(H,26,29). The molecule has 33 heavy (non-hydrogen) atoms. The number of rotatable bonds is 8. The minimum absolute atomic E-state index is 0.0862. The number of benzene rings is 2. The van der Waals surface area contributed by atoms with Crippen molar-refractivity contribution in [3.8, 4) is 11.5 Å². The number of anilines is 2. The largest absolute Gasteiger partial charge is 0.497 e. The zero-order chi connectivity index (χ0) is 23.2. The van der Waals surface area contributed by atoms with Gasteiger partial charge in [-0.3, -0.25) is 9.69 Å². The van der Waals surface area contributed by atoms with Gasteiger partial charge in [0.2, 0.25) is 5.91 Å². The van der Waals surface area contributed by atoms with Crippen molar-refractivity contribution in [1.29, 1.82) is 0 Å². The van der Waals surface area contributed by atoms with E-state index in [2.05, 4.69) is 10.2 Å². The molecule has 176 valence electrons. The van der Waals surface area contributed by atoms with E-state index in [1.165, 1.54) is 6.92 Å². The van der Waals surface area contributed by atoms with Gasteiger partial charge in [-0.25, -0.2) is 4.79 Å². The lowest BCUT2D eigenvalue weighted by molar-refractivity contribution is -0.114. The molecule has 2 aromatic rings. The summed E-state index contributed by atoms with van der Waals surface area (Å²) in [5.74, 6) is 1.49. The zero-order valence-corrected chi connectivity index (χ0v) is 19.2. The third kappa shape index (κ3) is 6.16. The predicted octanol–water partition coefficient (Wildman–Crippen LogP) is 3.91. The van der Waals surface area contributed by atoms with Crippen LogP contribution in [-0.4, -0.2) is 62.4 Å². The first-order valence-corrected chi connectivity index (χ1v) is 11.4. The summed E-state index contributed by atoms with van der Waals surface area (Å²) in [6.45, 7) is 4.87. The van der Waals surface area contributed by atoms with Crippen molar-refractivity contribution < 1.29 is 23.8 Å². The van der Waals surface area contributed by atoms with E-state index in [0.29, 0.717) is 6.54 Å². The molecule has 0 aromatic heterocycles. The molecule has 2 fully saturated rings. The second kappa shape index (κ2) is 10.6. The van der Waals surface area contributed by atoms with E-state index in [-0.39, 0.29) is 24.2 Å². The number of amides is 2. The van der Waals surface area contributed by atoms with Gasteiger partial charge in [0.1, 0.15) is 23.7 Å². The lowest BCUT2D eigenvalue weighted by Crippen LogP contribution is -2.39. The number of nitrogens with one attached hydrogen (secondary N) is 1. The number of methoxy groups -OCH3 is 1.